The van der Waals surface area contributed by atoms with Crippen molar-refractivity contribution < 1.29 is 23.0 Å². The van der Waals surface area contributed by atoms with E-state index in [1.54, 1.807) is 0 Å². The third-order valence-electron chi connectivity index (χ3n) is 4.20. The number of amides is 1. The van der Waals surface area contributed by atoms with Crippen molar-refractivity contribution in [2.75, 3.05) is 17.9 Å². The molecule has 0 atom stereocenters. The van der Waals surface area contributed by atoms with Crippen LogP contribution < -0.4 is 14.8 Å². The van der Waals surface area contributed by atoms with Crippen LogP contribution in [-0.4, -0.2) is 33.2 Å². The Bertz CT molecular complexity index is 1070. The largest absolute Gasteiger partial charge is 0.454 e. The fraction of sp³-hybridized carbons (Fsp3) is 0.211. The van der Waals surface area contributed by atoms with E-state index in [-0.39, 0.29) is 24.1 Å². The van der Waals surface area contributed by atoms with E-state index < -0.39 is 11.6 Å². The van der Waals surface area contributed by atoms with E-state index in [0.717, 1.165) is 17.7 Å². The molecule has 1 aromatic heterocycles. The Kier molecular flexibility index (Phi) is 5.34. The maximum Gasteiger partial charge on any atom is 0.234 e. The minimum Gasteiger partial charge on any atom is -0.454 e. The van der Waals surface area contributed by atoms with E-state index in [2.05, 4.69) is 15.5 Å². The van der Waals surface area contributed by atoms with Crippen molar-refractivity contribution in [1.82, 2.24) is 14.8 Å². The predicted molar refractivity (Wildman–Crippen MR) is 103 cm³/mol. The van der Waals surface area contributed by atoms with E-state index >= 15 is 0 Å². The van der Waals surface area contributed by atoms with E-state index in [4.69, 9.17) is 9.47 Å². The third-order valence-corrected chi connectivity index (χ3v) is 5.17. The summed E-state index contributed by atoms with van der Waals surface area (Å²) in [5.74, 6) is -0.337. The summed E-state index contributed by atoms with van der Waals surface area (Å²) >= 11 is 1.20. The molecule has 2 aromatic carbocycles. The standard InChI is InChI=1S/C19H16F2N4O3S/c1-2-25-18(11-3-6-15-16(7-11)28-10-27-15)23-24-19(25)29-9-17(26)22-12-4-5-13(20)14(21)8-12/h3-8H,2,9-10H2,1H3,(H,22,26). The number of anilines is 1. The lowest BCUT2D eigenvalue weighted by Gasteiger charge is -2.08. The monoisotopic (exact) mass is 418 g/mol. The number of benzene rings is 2. The molecule has 7 nitrogen and oxygen atoms in total. The van der Waals surface area contributed by atoms with Gasteiger partial charge in [0.2, 0.25) is 12.7 Å². The van der Waals surface area contributed by atoms with Gasteiger partial charge in [0.25, 0.3) is 0 Å². The van der Waals surface area contributed by atoms with Gasteiger partial charge in [-0.05, 0) is 37.3 Å². The lowest BCUT2D eigenvalue weighted by molar-refractivity contribution is -0.113. The molecule has 2 heterocycles. The molecule has 10 heteroatoms. The average molecular weight is 418 g/mol. The molecule has 1 amide bonds. The van der Waals surface area contributed by atoms with Gasteiger partial charge in [-0.2, -0.15) is 0 Å². The highest BCUT2D eigenvalue weighted by molar-refractivity contribution is 7.99. The minimum atomic E-state index is -1.02. The molecule has 1 aliphatic heterocycles. The smallest absolute Gasteiger partial charge is 0.234 e. The normalized spacial score (nSPS) is 12.2. The second-order valence-electron chi connectivity index (χ2n) is 6.08. The Morgan fingerprint density at radius 2 is 1.97 bits per heavy atom. The average Bonchev–Trinajstić information content (AvgIpc) is 3.34. The molecule has 0 bridgehead atoms. The lowest BCUT2D eigenvalue weighted by Crippen LogP contribution is -2.15. The predicted octanol–water partition coefficient (Wildman–Crippen LogP) is 3.70. The van der Waals surface area contributed by atoms with Crippen LogP contribution in [0.2, 0.25) is 0 Å². The number of hydrogen-bond donors (Lipinski definition) is 1. The summed E-state index contributed by atoms with van der Waals surface area (Å²) < 4.78 is 38.8. The van der Waals surface area contributed by atoms with Gasteiger partial charge in [0.1, 0.15) is 0 Å². The van der Waals surface area contributed by atoms with Crippen LogP contribution in [0.15, 0.2) is 41.6 Å². The highest BCUT2D eigenvalue weighted by Gasteiger charge is 2.19. The first-order valence-electron chi connectivity index (χ1n) is 8.76. The molecular weight excluding hydrogens is 402 g/mol. The first kappa shape index (κ1) is 19.2. The second kappa shape index (κ2) is 8.08. The van der Waals surface area contributed by atoms with Crippen LogP contribution in [0.25, 0.3) is 11.4 Å². The van der Waals surface area contributed by atoms with E-state index in [9.17, 15) is 13.6 Å². The summed E-state index contributed by atoms with van der Waals surface area (Å²) in [6, 6.07) is 8.71. The van der Waals surface area contributed by atoms with Crippen molar-refractivity contribution in [1.29, 1.82) is 0 Å². The van der Waals surface area contributed by atoms with Gasteiger partial charge in [-0.15, -0.1) is 10.2 Å². The van der Waals surface area contributed by atoms with Gasteiger partial charge in [0.15, 0.2) is 34.1 Å². The number of aromatic nitrogens is 3. The Balaban J connectivity index is 1.45. The molecule has 29 heavy (non-hydrogen) atoms. The minimum absolute atomic E-state index is 0.0399. The highest BCUT2D eigenvalue weighted by Crippen LogP contribution is 2.36. The molecule has 1 aliphatic rings. The molecule has 0 saturated carbocycles. The van der Waals surface area contributed by atoms with Crippen molar-refractivity contribution in [3.63, 3.8) is 0 Å². The highest BCUT2D eigenvalue weighted by atomic mass is 32.2. The van der Waals surface area contributed by atoms with Gasteiger partial charge in [-0.3, -0.25) is 4.79 Å². The fourth-order valence-corrected chi connectivity index (χ4v) is 3.63. The molecule has 0 radical (unpaired) electrons. The molecule has 1 N–H and O–H groups in total. The Morgan fingerprint density at radius 3 is 2.76 bits per heavy atom. The van der Waals surface area contributed by atoms with Crippen molar-refractivity contribution in [3.8, 4) is 22.9 Å². The Morgan fingerprint density at radius 1 is 1.14 bits per heavy atom. The SMILES string of the molecule is CCn1c(SCC(=O)Nc2ccc(F)c(F)c2)nnc1-c1ccc2c(c1)OCO2. The first-order chi connectivity index (χ1) is 14.0. The van der Waals surface area contributed by atoms with Gasteiger partial charge in [0, 0.05) is 23.9 Å². The number of rotatable bonds is 6. The molecular formula is C19H16F2N4O3S. The fourth-order valence-electron chi connectivity index (χ4n) is 2.83. The van der Waals surface area contributed by atoms with Crippen molar-refractivity contribution in [2.24, 2.45) is 0 Å². The first-order valence-corrected chi connectivity index (χ1v) is 9.74. The van der Waals surface area contributed by atoms with Crippen molar-refractivity contribution >= 4 is 23.4 Å². The molecule has 0 spiro atoms. The quantitative estimate of drug-likeness (QED) is 0.615. The molecule has 150 valence electrons. The van der Waals surface area contributed by atoms with Crippen LogP contribution >= 0.6 is 11.8 Å². The van der Waals surface area contributed by atoms with E-state index in [0.29, 0.717) is 29.0 Å². The molecule has 0 unspecified atom stereocenters. The van der Waals surface area contributed by atoms with E-state index in [1.807, 2.05) is 29.7 Å². The lowest BCUT2D eigenvalue weighted by atomic mass is 10.2. The molecule has 0 fully saturated rings. The van der Waals surface area contributed by atoms with Crippen LogP contribution in [0.5, 0.6) is 11.5 Å². The number of nitrogens with one attached hydrogen (secondary N) is 1. The maximum absolute atomic E-state index is 13.3. The number of fused-ring (bicyclic) bond motifs is 1. The molecule has 0 saturated heterocycles. The van der Waals surface area contributed by atoms with Crippen molar-refractivity contribution in [3.05, 3.63) is 48.0 Å². The molecule has 3 aromatic rings. The number of hydrogen-bond acceptors (Lipinski definition) is 6. The van der Waals surface area contributed by atoms with Gasteiger partial charge < -0.3 is 19.4 Å². The van der Waals surface area contributed by atoms with Crippen molar-refractivity contribution in [2.45, 2.75) is 18.6 Å². The molecule has 4 rings (SSSR count). The van der Waals surface area contributed by atoms with Crippen LogP contribution in [-0.2, 0) is 11.3 Å². The number of thioether (sulfide) groups is 1. The number of halogens is 2. The Hall–Kier alpha value is -3.14. The van der Waals surface area contributed by atoms with Gasteiger partial charge in [-0.1, -0.05) is 11.8 Å². The molecule has 0 aliphatic carbocycles. The summed E-state index contributed by atoms with van der Waals surface area (Å²) in [5.41, 5.74) is 1.01. The number of nitrogens with zero attached hydrogens (tertiary/aromatic N) is 3. The van der Waals surface area contributed by atoms with Crippen LogP contribution in [0.4, 0.5) is 14.5 Å². The summed E-state index contributed by atoms with van der Waals surface area (Å²) in [6.45, 7) is 2.74. The van der Waals surface area contributed by atoms with Crippen LogP contribution in [0.1, 0.15) is 6.92 Å². The zero-order valence-electron chi connectivity index (χ0n) is 15.3. The zero-order chi connectivity index (χ0) is 20.4. The summed E-state index contributed by atoms with van der Waals surface area (Å²) in [6.07, 6.45) is 0. The second-order valence-corrected chi connectivity index (χ2v) is 7.03. The zero-order valence-corrected chi connectivity index (χ0v) is 16.1. The van der Waals surface area contributed by atoms with Gasteiger partial charge in [0.05, 0.1) is 5.75 Å². The maximum atomic E-state index is 13.3. The third kappa shape index (κ3) is 4.02. The number of carbonyl (C=O) groups excluding carboxylic acids is 1. The van der Waals surface area contributed by atoms with E-state index in [1.165, 1.54) is 17.8 Å². The summed E-state index contributed by atoms with van der Waals surface area (Å²) in [5, 5.41) is 11.5. The Labute approximate surface area is 169 Å². The summed E-state index contributed by atoms with van der Waals surface area (Å²) in [4.78, 5) is 12.2. The van der Waals surface area contributed by atoms with Crippen LogP contribution in [0.3, 0.4) is 0 Å². The number of ether oxygens (including phenoxy) is 2. The van der Waals surface area contributed by atoms with Gasteiger partial charge in [-0.25, -0.2) is 8.78 Å². The number of carbonyl (C=O) groups is 1. The topological polar surface area (TPSA) is 78.3 Å². The van der Waals surface area contributed by atoms with Gasteiger partial charge >= 0.3 is 0 Å². The van der Waals surface area contributed by atoms with Crippen LogP contribution in [0, 0.1) is 11.6 Å². The summed E-state index contributed by atoms with van der Waals surface area (Å²) in [7, 11) is 0.